The van der Waals surface area contributed by atoms with Gasteiger partial charge in [-0.1, -0.05) is 62.2 Å². The fourth-order valence-corrected chi connectivity index (χ4v) is 6.42. The lowest BCUT2D eigenvalue weighted by Gasteiger charge is -2.40. The van der Waals surface area contributed by atoms with Crippen molar-refractivity contribution >= 4 is 46.3 Å². The first-order valence-electron chi connectivity index (χ1n) is 13.7. The topological polar surface area (TPSA) is 93.9 Å². The average Bonchev–Trinajstić information content (AvgIpc) is 3.40. The Hall–Kier alpha value is -4.34. The van der Waals surface area contributed by atoms with Crippen LogP contribution in [0.5, 0.6) is 5.75 Å². The van der Waals surface area contributed by atoms with Crippen molar-refractivity contribution in [3.63, 3.8) is 0 Å². The quantitative estimate of drug-likeness (QED) is 0.264. The Morgan fingerprint density at radius 3 is 2.39 bits per heavy atom. The predicted molar refractivity (Wildman–Crippen MR) is 159 cm³/mol. The monoisotopic (exact) mass is 679 g/mol. The summed E-state index contributed by atoms with van der Waals surface area (Å²) in [7, 11) is 0. The molecule has 7 nitrogen and oxygen atoms in total. The van der Waals surface area contributed by atoms with Crippen molar-refractivity contribution in [1.82, 2.24) is 4.90 Å². The molecule has 2 aliphatic heterocycles. The first kappa shape index (κ1) is 33.0. The summed E-state index contributed by atoms with van der Waals surface area (Å²) in [4.78, 5) is 28.3. The summed E-state index contributed by atoms with van der Waals surface area (Å²) in [5.74, 6) is -5.38. The minimum Gasteiger partial charge on any atom is -0.478 e. The lowest BCUT2D eigenvalue weighted by Crippen LogP contribution is -2.47. The maximum Gasteiger partial charge on any atom is 0.573 e. The second-order valence-corrected chi connectivity index (χ2v) is 12.9. The van der Waals surface area contributed by atoms with Gasteiger partial charge < -0.3 is 14.7 Å². The van der Waals surface area contributed by atoms with Gasteiger partial charge in [-0.05, 0) is 48.2 Å². The zero-order valence-electron chi connectivity index (χ0n) is 24.3. The molecule has 0 spiro atoms. The minimum atomic E-state index is -5.25. The van der Waals surface area contributed by atoms with Gasteiger partial charge in [-0.15, -0.1) is 13.2 Å². The van der Waals surface area contributed by atoms with E-state index in [0.29, 0.717) is 6.07 Å². The molecular weight excluding hydrogens is 656 g/mol. The molecular formula is C32H24Cl2F5N3O4. The van der Waals surface area contributed by atoms with Crippen LogP contribution in [0.3, 0.4) is 0 Å². The fourth-order valence-electron chi connectivity index (χ4n) is 6.09. The summed E-state index contributed by atoms with van der Waals surface area (Å²) in [6.45, 7) is 5.03. The van der Waals surface area contributed by atoms with Gasteiger partial charge in [-0.2, -0.15) is 5.26 Å². The number of anilines is 1. The molecule has 240 valence electrons. The largest absolute Gasteiger partial charge is 0.573 e. The standard InChI is InChI=1S/C32H24Cl2F5N3O4/c1-30(2,3)13-24-31(14-40,19-9-8-17(33)12-21(19)35)25(18-5-4-6-20(34)26(18)36)27-28(43)41(15-42(24)27)22-10-7-16(29(44)45)11-23(22)46-32(37,38)39/h4-12,24H,13,15H2,1-3H3,(H,44,45)/t24-,31-/m0/s1. The maximum atomic E-state index is 15.9. The molecule has 5 rings (SSSR count). The van der Waals surface area contributed by atoms with Gasteiger partial charge in [0.2, 0.25) is 0 Å². The summed E-state index contributed by atoms with van der Waals surface area (Å²) in [5.41, 5.74) is -4.60. The van der Waals surface area contributed by atoms with Crippen molar-refractivity contribution in [2.75, 3.05) is 11.6 Å². The summed E-state index contributed by atoms with van der Waals surface area (Å²) >= 11 is 12.2. The highest BCUT2D eigenvalue weighted by atomic mass is 35.5. The summed E-state index contributed by atoms with van der Waals surface area (Å²) in [5, 5.41) is 20.1. The molecule has 1 amide bonds. The Bertz CT molecular complexity index is 1850. The summed E-state index contributed by atoms with van der Waals surface area (Å²) < 4.78 is 76.3. The number of fused-ring (bicyclic) bond motifs is 1. The molecule has 2 heterocycles. The number of rotatable bonds is 6. The molecule has 3 aromatic rings. The Kier molecular flexibility index (Phi) is 8.24. The zero-order valence-corrected chi connectivity index (χ0v) is 25.9. The van der Waals surface area contributed by atoms with Crippen molar-refractivity contribution in [1.29, 1.82) is 5.26 Å². The van der Waals surface area contributed by atoms with Gasteiger partial charge in [-0.25, -0.2) is 13.6 Å². The minimum absolute atomic E-state index is 0.0209. The van der Waals surface area contributed by atoms with E-state index in [4.69, 9.17) is 23.2 Å². The highest BCUT2D eigenvalue weighted by Gasteiger charge is 2.61. The van der Waals surface area contributed by atoms with Gasteiger partial charge in [0.1, 0.15) is 22.7 Å². The van der Waals surface area contributed by atoms with Gasteiger partial charge in [0, 0.05) is 21.7 Å². The highest BCUT2D eigenvalue weighted by molar-refractivity contribution is 6.31. The van der Waals surface area contributed by atoms with Crippen LogP contribution < -0.4 is 9.64 Å². The SMILES string of the molecule is CC(C)(C)C[C@@H]1N2CN(c3ccc(C(=O)O)cc3OC(F)(F)F)C(=O)C2=C(c2cccc(Cl)c2F)[C@@]1(C#N)c1ccc(Cl)cc1F. The molecule has 0 bridgehead atoms. The Labute approximate surface area is 270 Å². The molecule has 2 aliphatic rings. The van der Waals surface area contributed by atoms with E-state index in [1.54, 1.807) is 0 Å². The van der Waals surface area contributed by atoms with Crippen LogP contribution in [-0.2, 0) is 10.2 Å². The predicted octanol–water partition coefficient (Wildman–Crippen LogP) is 8.17. The van der Waals surface area contributed by atoms with Crippen LogP contribution in [-0.4, -0.2) is 41.0 Å². The second kappa shape index (κ2) is 11.5. The molecule has 1 saturated heterocycles. The van der Waals surface area contributed by atoms with E-state index in [9.17, 15) is 33.1 Å². The van der Waals surface area contributed by atoms with Crippen LogP contribution in [0.15, 0.2) is 60.3 Å². The van der Waals surface area contributed by atoms with E-state index in [2.05, 4.69) is 10.8 Å². The summed E-state index contributed by atoms with van der Waals surface area (Å²) in [6.07, 6.45) is -5.14. The number of halogens is 7. The number of nitrogens with zero attached hydrogens (tertiary/aromatic N) is 3. The van der Waals surface area contributed by atoms with Crippen LogP contribution in [0.4, 0.5) is 27.6 Å². The van der Waals surface area contributed by atoms with Crippen molar-refractivity contribution in [2.24, 2.45) is 5.41 Å². The van der Waals surface area contributed by atoms with Crippen LogP contribution in [0, 0.1) is 28.4 Å². The van der Waals surface area contributed by atoms with E-state index in [1.165, 1.54) is 35.2 Å². The van der Waals surface area contributed by atoms with Gasteiger partial charge in [0.05, 0.1) is 35.1 Å². The number of nitriles is 1. The molecule has 46 heavy (non-hydrogen) atoms. The number of carboxylic acids is 1. The molecule has 0 unspecified atom stereocenters. The number of aromatic carboxylic acids is 1. The third-order valence-electron chi connectivity index (χ3n) is 7.82. The Morgan fingerprint density at radius 2 is 1.80 bits per heavy atom. The molecule has 1 fully saturated rings. The van der Waals surface area contributed by atoms with Crippen molar-refractivity contribution in [3.8, 4) is 11.8 Å². The number of benzene rings is 3. The number of carbonyl (C=O) groups is 2. The molecule has 2 atom stereocenters. The molecule has 1 N–H and O–H groups in total. The Balaban J connectivity index is 1.85. The maximum absolute atomic E-state index is 15.9. The van der Waals surface area contributed by atoms with Crippen LogP contribution in [0.2, 0.25) is 10.0 Å². The number of alkyl halides is 3. The third kappa shape index (κ3) is 5.62. The van der Waals surface area contributed by atoms with E-state index in [-0.39, 0.29) is 38.9 Å². The van der Waals surface area contributed by atoms with Crippen LogP contribution >= 0.6 is 23.2 Å². The van der Waals surface area contributed by atoms with E-state index in [0.717, 1.165) is 23.1 Å². The van der Waals surface area contributed by atoms with Gasteiger partial charge in [0.15, 0.2) is 5.75 Å². The zero-order chi connectivity index (χ0) is 33.9. The van der Waals surface area contributed by atoms with Crippen molar-refractivity contribution in [3.05, 3.63) is 98.7 Å². The number of amides is 1. The number of ether oxygens (including phenoxy) is 1. The third-order valence-corrected chi connectivity index (χ3v) is 8.35. The fraction of sp³-hybridized carbons (Fsp3) is 0.281. The average molecular weight is 680 g/mol. The normalized spacial score (nSPS) is 19.8. The lowest BCUT2D eigenvalue weighted by atomic mass is 9.65. The van der Waals surface area contributed by atoms with Crippen molar-refractivity contribution < 1.29 is 41.4 Å². The number of carboxylic acid groups (broad SMARTS) is 1. The summed E-state index contributed by atoms with van der Waals surface area (Å²) in [6, 6.07) is 11.3. The van der Waals surface area contributed by atoms with E-state index < -0.39 is 70.4 Å². The van der Waals surface area contributed by atoms with Gasteiger partial charge >= 0.3 is 12.3 Å². The molecule has 0 saturated carbocycles. The van der Waals surface area contributed by atoms with Crippen molar-refractivity contribution in [2.45, 2.75) is 45.0 Å². The molecule has 0 aromatic heterocycles. The number of hydrogen-bond donors (Lipinski definition) is 1. The second-order valence-electron chi connectivity index (χ2n) is 12.0. The molecule has 14 heteroatoms. The smallest absolute Gasteiger partial charge is 0.478 e. The first-order chi connectivity index (χ1) is 21.4. The molecule has 0 radical (unpaired) electrons. The highest BCUT2D eigenvalue weighted by Crippen LogP contribution is 2.57. The number of carbonyl (C=O) groups excluding carboxylic acids is 1. The molecule has 0 aliphatic carbocycles. The molecule has 3 aromatic carbocycles. The Morgan fingerprint density at radius 1 is 1.11 bits per heavy atom. The lowest BCUT2D eigenvalue weighted by molar-refractivity contribution is -0.274. The van der Waals surface area contributed by atoms with E-state index >= 15 is 8.78 Å². The van der Waals surface area contributed by atoms with Gasteiger partial charge in [0.25, 0.3) is 5.91 Å². The van der Waals surface area contributed by atoms with Crippen LogP contribution in [0.25, 0.3) is 5.57 Å². The van der Waals surface area contributed by atoms with Gasteiger partial charge in [-0.3, -0.25) is 9.69 Å². The van der Waals surface area contributed by atoms with Crippen LogP contribution in [0.1, 0.15) is 48.7 Å². The first-order valence-corrected chi connectivity index (χ1v) is 14.4. The number of hydrogen-bond acceptors (Lipinski definition) is 5. The van der Waals surface area contributed by atoms with E-state index in [1.807, 2.05) is 20.8 Å².